The van der Waals surface area contributed by atoms with Crippen LogP contribution >= 0.6 is 0 Å². The van der Waals surface area contributed by atoms with E-state index >= 15 is 0 Å². The molecular weight excluding hydrogens is 314 g/mol. The standard InChI is InChI=1S/C20H19N3O2/c24-17-8-4-7-16-18(17)19(15-9-11-21-12-10-15)22-20(25)23(16)13-14-5-2-1-3-6-14/h1-3,5-6,9-12,19H,4,7-8,13H2,(H,22,25). The van der Waals surface area contributed by atoms with Crippen LogP contribution in [0.25, 0.3) is 0 Å². The number of allylic oxidation sites excluding steroid dienone is 1. The van der Waals surface area contributed by atoms with Gasteiger partial charge in [-0.25, -0.2) is 4.79 Å². The molecule has 0 saturated carbocycles. The second-order valence-corrected chi connectivity index (χ2v) is 6.37. The first kappa shape index (κ1) is 15.6. The second kappa shape index (κ2) is 6.51. The van der Waals surface area contributed by atoms with Crippen LogP contribution in [0.2, 0.25) is 0 Å². The first-order valence-electron chi connectivity index (χ1n) is 8.52. The zero-order valence-corrected chi connectivity index (χ0v) is 13.8. The summed E-state index contributed by atoms with van der Waals surface area (Å²) in [6.45, 7) is 0.474. The van der Waals surface area contributed by atoms with Crippen molar-refractivity contribution in [2.75, 3.05) is 0 Å². The summed E-state index contributed by atoms with van der Waals surface area (Å²) in [5.41, 5.74) is 3.54. The molecular formula is C20H19N3O2. The van der Waals surface area contributed by atoms with Gasteiger partial charge in [-0.05, 0) is 36.1 Å². The Morgan fingerprint density at radius 2 is 1.80 bits per heavy atom. The van der Waals surface area contributed by atoms with Crippen LogP contribution in [0.3, 0.4) is 0 Å². The summed E-state index contributed by atoms with van der Waals surface area (Å²) in [4.78, 5) is 31.2. The van der Waals surface area contributed by atoms with Gasteiger partial charge in [-0.1, -0.05) is 30.3 Å². The number of rotatable bonds is 3. The van der Waals surface area contributed by atoms with Crippen LogP contribution in [-0.2, 0) is 11.3 Å². The number of pyridine rings is 1. The number of hydrogen-bond donors (Lipinski definition) is 1. The fraction of sp³-hybridized carbons (Fsp3) is 0.250. The van der Waals surface area contributed by atoms with Gasteiger partial charge in [-0.15, -0.1) is 0 Å². The van der Waals surface area contributed by atoms with Crippen molar-refractivity contribution < 1.29 is 9.59 Å². The molecule has 0 saturated heterocycles. The number of ketones is 1. The van der Waals surface area contributed by atoms with Crippen LogP contribution in [0.5, 0.6) is 0 Å². The minimum atomic E-state index is -0.384. The monoisotopic (exact) mass is 333 g/mol. The van der Waals surface area contributed by atoms with Crippen molar-refractivity contribution in [2.45, 2.75) is 31.8 Å². The molecule has 1 N–H and O–H groups in total. The number of nitrogens with one attached hydrogen (secondary N) is 1. The van der Waals surface area contributed by atoms with Gasteiger partial charge in [0.05, 0.1) is 12.6 Å². The summed E-state index contributed by atoms with van der Waals surface area (Å²) in [5.74, 6) is 0.126. The van der Waals surface area contributed by atoms with Gasteiger partial charge in [0.25, 0.3) is 0 Å². The highest BCUT2D eigenvalue weighted by Gasteiger charge is 2.38. The van der Waals surface area contributed by atoms with Crippen molar-refractivity contribution in [1.82, 2.24) is 15.2 Å². The minimum Gasteiger partial charge on any atom is -0.327 e. The van der Waals surface area contributed by atoms with Gasteiger partial charge < -0.3 is 5.32 Å². The van der Waals surface area contributed by atoms with Crippen molar-refractivity contribution in [3.63, 3.8) is 0 Å². The van der Waals surface area contributed by atoms with E-state index in [1.807, 2.05) is 42.5 Å². The van der Waals surface area contributed by atoms with E-state index < -0.39 is 0 Å². The SMILES string of the molecule is O=C1CCCC2=C1C(c1ccncc1)NC(=O)N2Cc1ccccc1. The van der Waals surface area contributed by atoms with Crippen LogP contribution < -0.4 is 5.32 Å². The highest BCUT2D eigenvalue weighted by atomic mass is 16.2. The summed E-state index contributed by atoms with van der Waals surface area (Å²) in [6.07, 6.45) is 5.45. The van der Waals surface area contributed by atoms with E-state index in [1.54, 1.807) is 17.3 Å². The zero-order valence-electron chi connectivity index (χ0n) is 13.8. The fourth-order valence-electron chi connectivity index (χ4n) is 3.59. The van der Waals surface area contributed by atoms with Crippen LogP contribution in [-0.4, -0.2) is 21.7 Å². The molecule has 1 atom stereocenters. The lowest BCUT2D eigenvalue weighted by atomic mass is 9.85. The maximum absolute atomic E-state index is 12.8. The molecule has 1 unspecified atom stereocenters. The molecule has 2 heterocycles. The fourth-order valence-corrected chi connectivity index (χ4v) is 3.59. The van der Waals surface area contributed by atoms with E-state index in [9.17, 15) is 9.59 Å². The van der Waals surface area contributed by atoms with E-state index in [4.69, 9.17) is 0 Å². The molecule has 126 valence electrons. The third-order valence-corrected chi connectivity index (χ3v) is 4.78. The molecule has 0 bridgehead atoms. The normalized spacial score (nSPS) is 20.3. The third-order valence-electron chi connectivity index (χ3n) is 4.78. The van der Waals surface area contributed by atoms with Crippen LogP contribution in [0, 0.1) is 0 Å². The average molecular weight is 333 g/mol. The number of hydrogen-bond acceptors (Lipinski definition) is 3. The van der Waals surface area contributed by atoms with E-state index in [0.717, 1.165) is 35.2 Å². The molecule has 1 aliphatic heterocycles. The number of amides is 2. The number of nitrogens with zero attached hydrogens (tertiary/aromatic N) is 2. The highest BCUT2D eigenvalue weighted by Crippen LogP contribution is 2.37. The Balaban J connectivity index is 1.76. The molecule has 4 rings (SSSR count). The summed E-state index contributed by atoms with van der Waals surface area (Å²) < 4.78 is 0. The zero-order chi connectivity index (χ0) is 17.2. The maximum atomic E-state index is 12.8. The molecule has 1 aromatic heterocycles. The molecule has 0 fully saturated rings. The summed E-state index contributed by atoms with van der Waals surface area (Å²) in [6, 6.07) is 13.0. The van der Waals surface area contributed by atoms with Crippen molar-refractivity contribution in [3.05, 3.63) is 77.3 Å². The molecule has 1 aromatic carbocycles. The van der Waals surface area contributed by atoms with Gasteiger partial charge in [-0.3, -0.25) is 14.7 Å². The molecule has 1 aliphatic carbocycles. The van der Waals surface area contributed by atoms with Gasteiger partial charge in [-0.2, -0.15) is 0 Å². The maximum Gasteiger partial charge on any atom is 0.322 e. The van der Waals surface area contributed by atoms with Crippen LogP contribution in [0.15, 0.2) is 66.1 Å². The molecule has 2 aromatic rings. The number of carbonyl (C=O) groups excluding carboxylic acids is 2. The highest BCUT2D eigenvalue weighted by molar-refractivity contribution is 6.00. The van der Waals surface area contributed by atoms with E-state index in [1.165, 1.54) is 0 Å². The van der Waals surface area contributed by atoms with Crippen LogP contribution in [0.1, 0.15) is 36.4 Å². The summed E-state index contributed by atoms with van der Waals surface area (Å²) >= 11 is 0. The Morgan fingerprint density at radius 1 is 1.04 bits per heavy atom. The van der Waals surface area contributed by atoms with Gasteiger partial charge in [0.2, 0.25) is 0 Å². The third kappa shape index (κ3) is 2.93. The minimum absolute atomic E-state index is 0.126. The Hall–Kier alpha value is -2.95. The molecule has 0 spiro atoms. The molecule has 5 heteroatoms. The topological polar surface area (TPSA) is 62.3 Å². The van der Waals surface area contributed by atoms with E-state index in [0.29, 0.717) is 13.0 Å². The molecule has 5 nitrogen and oxygen atoms in total. The number of carbonyl (C=O) groups is 2. The molecule has 2 aliphatic rings. The largest absolute Gasteiger partial charge is 0.327 e. The average Bonchev–Trinajstić information content (AvgIpc) is 2.65. The lowest BCUT2D eigenvalue weighted by Crippen LogP contribution is -2.48. The summed E-state index contributed by atoms with van der Waals surface area (Å²) in [7, 11) is 0. The Kier molecular flexibility index (Phi) is 4.06. The van der Waals surface area contributed by atoms with Crippen molar-refractivity contribution in [2.24, 2.45) is 0 Å². The number of urea groups is 1. The van der Waals surface area contributed by atoms with Crippen molar-refractivity contribution in [3.8, 4) is 0 Å². The summed E-state index contributed by atoms with van der Waals surface area (Å²) in [5, 5.41) is 3.01. The van der Waals surface area contributed by atoms with Gasteiger partial charge >= 0.3 is 6.03 Å². The van der Waals surface area contributed by atoms with Crippen LogP contribution in [0.4, 0.5) is 4.79 Å². The van der Waals surface area contributed by atoms with Gasteiger partial charge in [0.1, 0.15) is 0 Å². The van der Waals surface area contributed by atoms with Crippen molar-refractivity contribution >= 4 is 11.8 Å². The Morgan fingerprint density at radius 3 is 2.56 bits per heavy atom. The van der Waals surface area contributed by atoms with E-state index in [2.05, 4.69) is 10.3 Å². The molecule has 2 amide bonds. The van der Waals surface area contributed by atoms with Gasteiger partial charge in [0.15, 0.2) is 5.78 Å². The number of Topliss-reactive ketones (excluding diaryl/α,β-unsaturated/α-hetero) is 1. The molecule has 0 radical (unpaired) electrons. The first-order valence-corrected chi connectivity index (χ1v) is 8.52. The number of aromatic nitrogens is 1. The first-order chi connectivity index (χ1) is 12.2. The predicted octanol–water partition coefficient (Wildman–Crippen LogP) is 3.36. The lowest BCUT2D eigenvalue weighted by molar-refractivity contribution is -0.116. The Labute approximate surface area is 146 Å². The van der Waals surface area contributed by atoms with Gasteiger partial charge in [0, 0.05) is 30.1 Å². The van der Waals surface area contributed by atoms with Crippen molar-refractivity contribution in [1.29, 1.82) is 0 Å². The smallest absolute Gasteiger partial charge is 0.322 e. The number of benzene rings is 1. The molecule has 25 heavy (non-hydrogen) atoms. The predicted molar refractivity (Wildman–Crippen MR) is 93.4 cm³/mol. The Bertz CT molecular complexity index is 831. The van der Waals surface area contributed by atoms with E-state index in [-0.39, 0.29) is 17.9 Å². The second-order valence-electron chi connectivity index (χ2n) is 6.37. The lowest BCUT2D eigenvalue weighted by Gasteiger charge is -2.39. The quantitative estimate of drug-likeness (QED) is 0.937.